The van der Waals surface area contributed by atoms with Gasteiger partial charge in [0.05, 0.1) is 10.5 Å². The first-order valence-electron chi connectivity index (χ1n) is 6.05. The summed E-state index contributed by atoms with van der Waals surface area (Å²) in [5.74, 6) is 0.725. The molecule has 0 aromatic rings. The van der Waals surface area contributed by atoms with Crippen molar-refractivity contribution in [3.8, 4) is 0 Å². The van der Waals surface area contributed by atoms with E-state index in [1.807, 2.05) is 7.05 Å². The van der Waals surface area contributed by atoms with Crippen LogP contribution in [0.2, 0.25) is 0 Å². The second kappa shape index (κ2) is 6.01. The third-order valence-electron chi connectivity index (χ3n) is 3.38. The lowest BCUT2D eigenvalue weighted by Crippen LogP contribution is -2.35. The van der Waals surface area contributed by atoms with Crippen molar-refractivity contribution in [3.63, 3.8) is 0 Å². The molecule has 2 unspecified atom stereocenters. The van der Waals surface area contributed by atoms with Crippen LogP contribution in [0.25, 0.3) is 0 Å². The molecule has 0 saturated heterocycles. The molecule has 0 aliphatic heterocycles. The van der Waals surface area contributed by atoms with Gasteiger partial charge in [-0.2, -0.15) is 0 Å². The van der Waals surface area contributed by atoms with Gasteiger partial charge >= 0.3 is 0 Å². The average Bonchev–Trinajstić information content (AvgIpc) is 2.16. The molecule has 0 aromatic carbocycles. The van der Waals surface area contributed by atoms with Crippen molar-refractivity contribution < 1.29 is 8.42 Å². The summed E-state index contributed by atoms with van der Waals surface area (Å²) in [7, 11) is -1.05. The summed E-state index contributed by atoms with van der Waals surface area (Å²) < 4.78 is 23.3. The Balaban J connectivity index is 4.44. The zero-order chi connectivity index (χ0) is 13.0. The Hall–Kier alpha value is -0.0900. The fourth-order valence-corrected chi connectivity index (χ4v) is 2.88. The molecule has 0 rings (SSSR count). The van der Waals surface area contributed by atoms with Crippen molar-refractivity contribution in [1.82, 2.24) is 5.32 Å². The van der Waals surface area contributed by atoms with Gasteiger partial charge in [0.15, 0.2) is 9.84 Å². The van der Waals surface area contributed by atoms with Crippen LogP contribution in [0.15, 0.2) is 0 Å². The number of nitrogens with one attached hydrogen (secondary N) is 1. The third kappa shape index (κ3) is 4.42. The Morgan fingerprint density at radius 3 is 2.06 bits per heavy atom. The molecule has 4 heteroatoms. The van der Waals surface area contributed by atoms with E-state index in [2.05, 4.69) is 19.2 Å². The van der Waals surface area contributed by atoms with Gasteiger partial charge in [-0.05, 0) is 47.1 Å². The molecule has 0 aliphatic rings. The van der Waals surface area contributed by atoms with E-state index in [4.69, 9.17) is 0 Å². The molecule has 0 aliphatic carbocycles. The average molecular weight is 249 g/mol. The van der Waals surface area contributed by atoms with Crippen LogP contribution in [-0.2, 0) is 9.84 Å². The van der Waals surface area contributed by atoms with E-state index < -0.39 is 14.6 Å². The lowest BCUT2D eigenvalue weighted by atomic mass is 9.96. The second-order valence-electron chi connectivity index (χ2n) is 5.47. The van der Waals surface area contributed by atoms with Gasteiger partial charge in [-0.3, -0.25) is 0 Å². The monoisotopic (exact) mass is 249 g/mol. The first kappa shape index (κ1) is 15.9. The van der Waals surface area contributed by atoms with Crippen LogP contribution in [0.5, 0.6) is 0 Å². The maximum Gasteiger partial charge on any atom is 0.155 e. The lowest BCUT2D eigenvalue weighted by molar-refractivity contribution is 0.372. The first-order chi connectivity index (χ1) is 7.15. The molecule has 3 nitrogen and oxygen atoms in total. The SMILES string of the molecule is CCC(CCS(=O)(=O)C(C)(C)C)C(C)NC. The summed E-state index contributed by atoms with van der Waals surface area (Å²) in [6.07, 6.45) is 1.76. The van der Waals surface area contributed by atoms with Crippen LogP contribution in [0, 0.1) is 5.92 Å². The third-order valence-corrected chi connectivity index (χ3v) is 6.02. The normalized spacial score (nSPS) is 17.1. The summed E-state index contributed by atoms with van der Waals surface area (Å²) in [5, 5.41) is 3.20. The van der Waals surface area contributed by atoms with Crippen LogP contribution in [0.1, 0.15) is 47.5 Å². The molecule has 0 amide bonds. The van der Waals surface area contributed by atoms with E-state index in [1.165, 1.54) is 0 Å². The van der Waals surface area contributed by atoms with Gasteiger partial charge in [-0.1, -0.05) is 13.3 Å². The number of hydrogen-bond donors (Lipinski definition) is 1. The fourth-order valence-electron chi connectivity index (χ4n) is 1.66. The van der Waals surface area contributed by atoms with E-state index in [0.717, 1.165) is 12.8 Å². The lowest BCUT2D eigenvalue weighted by Gasteiger charge is -2.25. The predicted octanol–water partition coefficient (Wildman–Crippen LogP) is 2.22. The van der Waals surface area contributed by atoms with Crippen molar-refractivity contribution in [2.75, 3.05) is 12.8 Å². The maximum atomic E-state index is 12.0. The molecule has 1 N–H and O–H groups in total. The van der Waals surface area contributed by atoms with Gasteiger partial charge in [0.1, 0.15) is 0 Å². The molecule has 0 bridgehead atoms. The zero-order valence-corrected chi connectivity index (χ0v) is 12.3. The molecular formula is C12H27NO2S. The quantitative estimate of drug-likeness (QED) is 0.785. The summed E-state index contributed by atoms with van der Waals surface area (Å²) in [6.45, 7) is 9.53. The highest BCUT2D eigenvalue weighted by atomic mass is 32.2. The molecule has 0 radical (unpaired) electrons. The summed E-state index contributed by atoms with van der Waals surface area (Å²) in [4.78, 5) is 0. The summed E-state index contributed by atoms with van der Waals surface area (Å²) >= 11 is 0. The van der Waals surface area contributed by atoms with E-state index in [-0.39, 0.29) is 0 Å². The fraction of sp³-hybridized carbons (Fsp3) is 1.00. The van der Waals surface area contributed by atoms with Gasteiger partial charge in [-0.15, -0.1) is 0 Å². The second-order valence-corrected chi connectivity index (χ2v) is 8.33. The molecule has 0 aromatic heterocycles. The molecular weight excluding hydrogens is 222 g/mol. The molecule has 16 heavy (non-hydrogen) atoms. The van der Waals surface area contributed by atoms with Crippen molar-refractivity contribution in [2.24, 2.45) is 5.92 Å². The largest absolute Gasteiger partial charge is 0.317 e. The highest BCUT2D eigenvalue weighted by molar-refractivity contribution is 7.92. The van der Waals surface area contributed by atoms with Crippen LogP contribution in [0.3, 0.4) is 0 Å². The minimum atomic E-state index is -2.97. The van der Waals surface area contributed by atoms with Crippen molar-refractivity contribution in [3.05, 3.63) is 0 Å². The van der Waals surface area contributed by atoms with Gasteiger partial charge in [-0.25, -0.2) is 8.42 Å². The van der Waals surface area contributed by atoms with E-state index in [1.54, 1.807) is 20.8 Å². The van der Waals surface area contributed by atoms with E-state index in [0.29, 0.717) is 17.7 Å². The smallest absolute Gasteiger partial charge is 0.155 e. The predicted molar refractivity (Wildman–Crippen MR) is 70.5 cm³/mol. The first-order valence-corrected chi connectivity index (χ1v) is 7.70. The molecule has 0 heterocycles. The Bertz CT molecular complexity index is 291. The number of rotatable bonds is 6. The molecule has 0 spiro atoms. The van der Waals surface area contributed by atoms with Crippen LogP contribution >= 0.6 is 0 Å². The van der Waals surface area contributed by atoms with Gasteiger partial charge in [0.2, 0.25) is 0 Å². The summed E-state index contributed by atoms with van der Waals surface area (Å²) in [5.41, 5.74) is 0. The topological polar surface area (TPSA) is 46.2 Å². The van der Waals surface area contributed by atoms with Gasteiger partial charge < -0.3 is 5.32 Å². The Morgan fingerprint density at radius 2 is 1.75 bits per heavy atom. The molecule has 0 fully saturated rings. The molecule has 98 valence electrons. The van der Waals surface area contributed by atoms with Crippen molar-refractivity contribution in [1.29, 1.82) is 0 Å². The summed E-state index contributed by atoms with van der Waals surface area (Å²) in [6, 6.07) is 0.375. The Kier molecular flexibility index (Phi) is 5.98. The van der Waals surface area contributed by atoms with Crippen molar-refractivity contribution in [2.45, 2.75) is 58.2 Å². The van der Waals surface area contributed by atoms with Crippen LogP contribution in [0.4, 0.5) is 0 Å². The van der Waals surface area contributed by atoms with Crippen LogP contribution in [-0.4, -0.2) is 32.0 Å². The highest BCUT2D eigenvalue weighted by Crippen LogP contribution is 2.21. The number of hydrogen-bond acceptors (Lipinski definition) is 3. The Morgan fingerprint density at radius 1 is 1.25 bits per heavy atom. The molecule has 0 saturated carbocycles. The van der Waals surface area contributed by atoms with E-state index in [9.17, 15) is 8.42 Å². The Labute approximate surface area is 101 Å². The van der Waals surface area contributed by atoms with Gasteiger partial charge in [0.25, 0.3) is 0 Å². The zero-order valence-electron chi connectivity index (χ0n) is 11.5. The van der Waals surface area contributed by atoms with Crippen LogP contribution < -0.4 is 5.32 Å². The van der Waals surface area contributed by atoms with Crippen molar-refractivity contribution >= 4 is 9.84 Å². The number of sulfone groups is 1. The van der Waals surface area contributed by atoms with Gasteiger partial charge in [0, 0.05) is 6.04 Å². The minimum absolute atomic E-state index is 0.293. The molecule has 2 atom stereocenters. The standard InChI is InChI=1S/C12H27NO2S/c1-7-11(10(2)13-6)8-9-16(14,15)12(3,4)5/h10-11,13H,7-9H2,1-6H3. The minimum Gasteiger partial charge on any atom is -0.317 e. The maximum absolute atomic E-state index is 12.0. The highest BCUT2D eigenvalue weighted by Gasteiger charge is 2.29. The van der Waals surface area contributed by atoms with E-state index >= 15 is 0 Å².